The first-order valence-electron chi connectivity index (χ1n) is 10.3. The summed E-state index contributed by atoms with van der Waals surface area (Å²) in [5.41, 5.74) is 1.00. The van der Waals surface area contributed by atoms with Crippen molar-refractivity contribution in [1.82, 2.24) is 15.5 Å². The molecule has 0 aliphatic carbocycles. The molecule has 0 unspecified atom stereocenters. The van der Waals surface area contributed by atoms with Crippen molar-refractivity contribution in [3.8, 4) is 11.5 Å². The lowest BCUT2D eigenvalue weighted by molar-refractivity contribution is 0.0686. The van der Waals surface area contributed by atoms with Crippen molar-refractivity contribution in [2.75, 3.05) is 33.9 Å². The summed E-state index contributed by atoms with van der Waals surface area (Å²) in [4.78, 5) is 26.3. The number of methoxy groups -OCH3 is 2. The van der Waals surface area contributed by atoms with Crippen LogP contribution in [0.3, 0.4) is 0 Å². The van der Waals surface area contributed by atoms with Gasteiger partial charge in [0.25, 0.3) is 5.91 Å². The first-order valence-corrected chi connectivity index (χ1v) is 10.3. The fourth-order valence-corrected chi connectivity index (χ4v) is 3.62. The van der Waals surface area contributed by atoms with Gasteiger partial charge in [-0.1, -0.05) is 18.2 Å². The van der Waals surface area contributed by atoms with Gasteiger partial charge in [0.15, 0.2) is 11.5 Å². The molecule has 2 N–H and O–H groups in total. The molecule has 0 bridgehead atoms. The molecule has 1 aliphatic rings. The van der Waals surface area contributed by atoms with Gasteiger partial charge in [0, 0.05) is 26.2 Å². The summed E-state index contributed by atoms with van der Waals surface area (Å²) in [6, 6.07) is 11.3. The Balaban J connectivity index is 1.40. The number of halogens is 1. The van der Waals surface area contributed by atoms with Crippen LogP contribution in [0.25, 0.3) is 0 Å². The molecular formula is C23H28FN3O4. The summed E-state index contributed by atoms with van der Waals surface area (Å²) in [7, 11) is 3.14. The minimum atomic E-state index is -0.498. The van der Waals surface area contributed by atoms with Crippen molar-refractivity contribution in [2.45, 2.75) is 19.4 Å². The van der Waals surface area contributed by atoms with E-state index >= 15 is 0 Å². The molecule has 0 radical (unpaired) electrons. The number of benzene rings is 2. The third-order valence-electron chi connectivity index (χ3n) is 5.46. The van der Waals surface area contributed by atoms with E-state index in [-0.39, 0.29) is 23.4 Å². The first-order chi connectivity index (χ1) is 15.0. The highest BCUT2D eigenvalue weighted by Gasteiger charge is 2.25. The van der Waals surface area contributed by atoms with E-state index in [2.05, 4.69) is 10.6 Å². The Hall–Kier alpha value is -3.29. The van der Waals surface area contributed by atoms with Gasteiger partial charge in [0.1, 0.15) is 5.82 Å². The lowest BCUT2D eigenvalue weighted by Crippen LogP contribution is -2.43. The molecule has 1 fully saturated rings. The number of amides is 3. The van der Waals surface area contributed by atoms with Gasteiger partial charge in [0.2, 0.25) is 0 Å². The lowest BCUT2D eigenvalue weighted by Gasteiger charge is -2.32. The average Bonchev–Trinajstić information content (AvgIpc) is 2.81. The van der Waals surface area contributed by atoms with Crippen LogP contribution in [0.5, 0.6) is 11.5 Å². The average molecular weight is 429 g/mol. The highest BCUT2D eigenvalue weighted by molar-refractivity contribution is 5.94. The smallest absolute Gasteiger partial charge is 0.315 e. The van der Waals surface area contributed by atoms with Gasteiger partial charge in [-0.05, 0) is 48.6 Å². The van der Waals surface area contributed by atoms with Crippen LogP contribution in [0.2, 0.25) is 0 Å². The number of urea groups is 1. The van der Waals surface area contributed by atoms with Crippen molar-refractivity contribution >= 4 is 11.9 Å². The molecule has 3 amide bonds. The fraction of sp³-hybridized carbons (Fsp3) is 0.391. The second kappa shape index (κ2) is 10.7. The molecular weight excluding hydrogens is 401 g/mol. The second-order valence-corrected chi connectivity index (χ2v) is 7.47. The summed E-state index contributed by atoms with van der Waals surface area (Å²) in [5.74, 6) is 0.741. The number of carbonyl (C=O) groups is 2. The summed E-state index contributed by atoms with van der Waals surface area (Å²) >= 11 is 0. The third-order valence-corrected chi connectivity index (χ3v) is 5.46. The Morgan fingerprint density at radius 2 is 1.74 bits per heavy atom. The van der Waals surface area contributed by atoms with Crippen molar-refractivity contribution < 1.29 is 23.5 Å². The molecule has 166 valence electrons. The van der Waals surface area contributed by atoms with E-state index in [1.807, 2.05) is 12.1 Å². The number of likely N-dealkylation sites (tertiary alicyclic amines) is 1. The summed E-state index contributed by atoms with van der Waals surface area (Å²) in [5, 5.41) is 5.72. The highest BCUT2D eigenvalue weighted by Crippen LogP contribution is 2.27. The largest absolute Gasteiger partial charge is 0.493 e. The SMILES string of the molecule is COc1ccc(CNC(=O)NCC2CCN(C(=O)c3ccccc3F)CC2)cc1OC. The van der Waals surface area contributed by atoms with Crippen molar-refractivity contribution in [1.29, 1.82) is 0 Å². The maximum Gasteiger partial charge on any atom is 0.315 e. The number of nitrogens with zero attached hydrogens (tertiary/aromatic N) is 1. The van der Waals surface area contributed by atoms with E-state index in [4.69, 9.17) is 9.47 Å². The van der Waals surface area contributed by atoms with Crippen LogP contribution < -0.4 is 20.1 Å². The van der Waals surface area contributed by atoms with E-state index in [0.717, 1.165) is 18.4 Å². The number of rotatable bonds is 7. The maximum absolute atomic E-state index is 13.8. The van der Waals surface area contributed by atoms with Crippen molar-refractivity contribution in [3.05, 3.63) is 59.4 Å². The molecule has 1 aliphatic heterocycles. The molecule has 2 aromatic carbocycles. The molecule has 1 heterocycles. The minimum Gasteiger partial charge on any atom is -0.493 e. The van der Waals surface area contributed by atoms with Gasteiger partial charge in [-0.3, -0.25) is 4.79 Å². The first kappa shape index (κ1) is 22.4. The minimum absolute atomic E-state index is 0.105. The Kier molecular flexibility index (Phi) is 7.70. The fourth-order valence-electron chi connectivity index (χ4n) is 3.62. The molecule has 0 spiro atoms. The Morgan fingerprint density at radius 1 is 1.03 bits per heavy atom. The van der Waals surface area contributed by atoms with E-state index in [1.165, 1.54) is 12.1 Å². The summed E-state index contributed by atoms with van der Waals surface area (Å²) in [6.45, 7) is 1.99. The molecule has 31 heavy (non-hydrogen) atoms. The zero-order chi connectivity index (χ0) is 22.2. The predicted octanol–water partition coefficient (Wildman–Crippen LogP) is 3.19. The quantitative estimate of drug-likeness (QED) is 0.709. The monoisotopic (exact) mass is 429 g/mol. The number of ether oxygens (including phenoxy) is 2. The zero-order valence-electron chi connectivity index (χ0n) is 17.8. The lowest BCUT2D eigenvalue weighted by atomic mass is 9.96. The molecule has 2 aromatic rings. The van der Waals surface area contributed by atoms with Gasteiger partial charge in [-0.25, -0.2) is 9.18 Å². The number of hydrogen-bond donors (Lipinski definition) is 2. The molecule has 7 nitrogen and oxygen atoms in total. The number of carbonyl (C=O) groups excluding carboxylic acids is 2. The van der Waals surface area contributed by atoms with Crippen LogP contribution in [0.1, 0.15) is 28.8 Å². The third kappa shape index (κ3) is 5.87. The van der Waals surface area contributed by atoms with Crippen LogP contribution in [0.4, 0.5) is 9.18 Å². The molecule has 3 rings (SSSR count). The van der Waals surface area contributed by atoms with Crippen LogP contribution in [-0.4, -0.2) is 50.7 Å². The van der Waals surface area contributed by atoms with Crippen molar-refractivity contribution in [2.24, 2.45) is 5.92 Å². The molecule has 0 aromatic heterocycles. The van der Waals surface area contributed by atoms with Gasteiger partial charge in [0.05, 0.1) is 19.8 Å². The number of hydrogen-bond acceptors (Lipinski definition) is 4. The van der Waals surface area contributed by atoms with E-state index in [9.17, 15) is 14.0 Å². The molecule has 0 atom stereocenters. The summed E-state index contributed by atoms with van der Waals surface area (Å²) in [6.07, 6.45) is 1.52. The van der Waals surface area contributed by atoms with Gasteiger partial charge in [-0.15, -0.1) is 0 Å². The Morgan fingerprint density at radius 3 is 2.42 bits per heavy atom. The van der Waals surface area contributed by atoms with E-state index in [1.54, 1.807) is 37.3 Å². The normalized spacial score (nSPS) is 14.1. The second-order valence-electron chi connectivity index (χ2n) is 7.47. The van der Waals surface area contributed by atoms with Gasteiger partial charge >= 0.3 is 6.03 Å². The topological polar surface area (TPSA) is 79.9 Å². The molecule has 0 saturated carbocycles. The van der Waals surface area contributed by atoms with Crippen molar-refractivity contribution in [3.63, 3.8) is 0 Å². The number of nitrogens with one attached hydrogen (secondary N) is 2. The Bertz CT molecular complexity index is 913. The zero-order valence-corrected chi connectivity index (χ0v) is 17.8. The summed E-state index contributed by atoms with van der Waals surface area (Å²) < 4.78 is 24.3. The predicted molar refractivity (Wildman–Crippen MR) is 115 cm³/mol. The van der Waals surface area contributed by atoms with Gasteiger partial charge in [-0.2, -0.15) is 0 Å². The number of piperidine rings is 1. The van der Waals surface area contributed by atoms with Crippen LogP contribution in [0.15, 0.2) is 42.5 Å². The highest BCUT2D eigenvalue weighted by atomic mass is 19.1. The van der Waals surface area contributed by atoms with Crippen LogP contribution >= 0.6 is 0 Å². The standard InChI is InChI=1S/C23H28FN3O4/c1-30-20-8-7-17(13-21(20)31-2)15-26-23(29)25-14-16-9-11-27(12-10-16)22(28)18-5-3-4-6-19(18)24/h3-8,13,16H,9-12,14-15H2,1-2H3,(H2,25,26,29). The molecule has 8 heteroatoms. The Labute approximate surface area is 181 Å². The van der Waals surface area contributed by atoms with Gasteiger partial charge < -0.3 is 25.0 Å². The van der Waals surface area contributed by atoms with Crippen LogP contribution in [-0.2, 0) is 6.54 Å². The van der Waals surface area contributed by atoms with E-state index < -0.39 is 5.82 Å². The van der Waals surface area contributed by atoms with Crippen LogP contribution in [0, 0.1) is 11.7 Å². The van der Waals surface area contributed by atoms with E-state index in [0.29, 0.717) is 37.7 Å². The maximum atomic E-state index is 13.8. The molecule has 1 saturated heterocycles.